The Bertz CT molecular complexity index is 750. The summed E-state index contributed by atoms with van der Waals surface area (Å²) in [6.45, 7) is 1.22. The number of nitrogens with zero attached hydrogens (tertiary/aromatic N) is 4. The standard InChI is InChI=1S/C15H14F2N4OS2/c16-11-1-2-12(13(17)7-11)14(8-21-10-18-9-20-21)22-4-6-24-15-19-3-5-23-15/h1-2,7-10H,3-6H2/b14-8+. The molecule has 5 nitrogen and oxygen atoms in total. The van der Waals surface area contributed by atoms with Gasteiger partial charge in [-0.2, -0.15) is 5.10 Å². The summed E-state index contributed by atoms with van der Waals surface area (Å²) in [5, 5.41) is 3.95. The molecule has 0 radical (unpaired) electrons. The lowest BCUT2D eigenvalue weighted by molar-refractivity contribution is 0.301. The highest BCUT2D eigenvalue weighted by molar-refractivity contribution is 8.39. The van der Waals surface area contributed by atoms with E-state index in [0.29, 0.717) is 12.4 Å². The Hall–Kier alpha value is -1.87. The molecule has 0 bridgehead atoms. The van der Waals surface area contributed by atoms with Gasteiger partial charge in [-0.25, -0.2) is 18.4 Å². The number of thioether (sulfide) groups is 2. The van der Waals surface area contributed by atoms with Gasteiger partial charge in [-0.3, -0.25) is 4.99 Å². The SMILES string of the molecule is Fc1ccc(/C(=C\n2cncn2)OCCSC2=NCCS2)c(F)c1. The molecule has 0 aliphatic carbocycles. The van der Waals surface area contributed by atoms with Crippen LogP contribution in [0.1, 0.15) is 5.56 Å². The summed E-state index contributed by atoms with van der Waals surface area (Å²) >= 11 is 3.33. The van der Waals surface area contributed by atoms with E-state index in [0.717, 1.165) is 22.7 Å². The van der Waals surface area contributed by atoms with Crippen molar-refractivity contribution in [1.29, 1.82) is 0 Å². The fraction of sp³-hybridized carbons (Fsp3) is 0.267. The van der Waals surface area contributed by atoms with Gasteiger partial charge in [-0.1, -0.05) is 23.5 Å². The van der Waals surface area contributed by atoms with E-state index < -0.39 is 11.6 Å². The molecule has 0 N–H and O–H groups in total. The van der Waals surface area contributed by atoms with E-state index in [1.165, 1.54) is 35.7 Å². The first-order valence-electron chi connectivity index (χ1n) is 7.16. The quantitative estimate of drug-likeness (QED) is 0.578. The van der Waals surface area contributed by atoms with Crippen molar-refractivity contribution >= 4 is 39.9 Å². The smallest absolute Gasteiger partial charge is 0.147 e. The largest absolute Gasteiger partial charge is 0.490 e. The van der Waals surface area contributed by atoms with E-state index >= 15 is 0 Å². The summed E-state index contributed by atoms with van der Waals surface area (Å²) in [5.41, 5.74) is 0.171. The average Bonchev–Trinajstić information content (AvgIpc) is 3.24. The molecule has 1 aromatic carbocycles. The maximum atomic E-state index is 14.1. The van der Waals surface area contributed by atoms with Gasteiger partial charge in [0.05, 0.1) is 24.9 Å². The van der Waals surface area contributed by atoms with Crippen LogP contribution in [-0.2, 0) is 4.74 Å². The first kappa shape index (κ1) is 17.0. The lowest BCUT2D eigenvalue weighted by Crippen LogP contribution is -2.03. The predicted octanol–water partition coefficient (Wildman–Crippen LogP) is 3.36. The van der Waals surface area contributed by atoms with Gasteiger partial charge in [0.2, 0.25) is 0 Å². The molecule has 24 heavy (non-hydrogen) atoms. The molecule has 126 valence electrons. The van der Waals surface area contributed by atoms with Crippen molar-refractivity contribution in [3.05, 3.63) is 48.1 Å². The van der Waals surface area contributed by atoms with E-state index in [2.05, 4.69) is 15.1 Å². The number of aromatic nitrogens is 3. The van der Waals surface area contributed by atoms with Crippen molar-refractivity contribution < 1.29 is 13.5 Å². The summed E-state index contributed by atoms with van der Waals surface area (Å²) in [4.78, 5) is 8.17. The fourth-order valence-corrected chi connectivity index (χ4v) is 3.86. The van der Waals surface area contributed by atoms with Crippen LogP contribution in [-0.4, -0.2) is 43.8 Å². The molecule has 0 amide bonds. The highest BCUT2D eigenvalue weighted by Gasteiger charge is 2.12. The molecule has 0 atom stereocenters. The topological polar surface area (TPSA) is 52.3 Å². The van der Waals surface area contributed by atoms with Crippen molar-refractivity contribution in [2.24, 2.45) is 4.99 Å². The number of halogens is 2. The Kier molecular flexibility index (Phi) is 5.86. The zero-order valence-electron chi connectivity index (χ0n) is 12.6. The normalized spacial score (nSPS) is 14.8. The van der Waals surface area contributed by atoms with Crippen LogP contribution in [0.5, 0.6) is 0 Å². The van der Waals surface area contributed by atoms with Crippen LogP contribution in [0.3, 0.4) is 0 Å². The van der Waals surface area contributed by atoms with Crippen LogP contribution >= 0.6 is 23.5 Å². The average molecular weight is 368 g/mol. The first-order chi connectivity index (χ1) is 11.7. The molecule has 1 aliphatic heterocycles. The van der Waals surface area contributed by atoms with Crippen LogP contribution in [0.15, 0.2) is 35.8 Å². The number of rotatable bonds is 6. The monoisotopic (exact) mass is 368 g/mol. The lowest BCUT2D eigenvalue weighted by atomic mass is 10.2. The third-order valence-corrected chi connectivity index (χ3v) is 5.22. The van der Waals surface area contributed by atoms with E-state index in [1.807, 2.05) is 0 Å². The van der Waals surface area contributed by atoms with Crippen LogP contribution in [0.25, 0.3) is 12.0 Å². The summed E-state index contributed by atoms with van der Waals surface area (Å²) in [6, 6.07) is 3.36. The fourth-order valence-electron chi connectivity index (χ4n) is 1.96. The number of ether oxygens (including phenoxy) is 1. The Balaban J connectivity index is 1.70. The Morgan fingerprint density at radius 3 is 3.04 bits per heavy atom. The Labute approximate surface area is 146 Å². The van der Waals surface area contributed by atoms with Crippen molar-refractivity contribution in [1.82, 2.24) is 14.8 Å². The third-order valence-electron chi connectivity index (χ3n) is 3.01. The van der Waals surface area contributed by atoms with E-state index in [9.17, 15) is 8.78 Å². The molecule has 0 saturated heterocycles. The molecule has 3 rings (SSSR count). The molecule has 0 unspecified atom stereocenters. The summed E-state index contributed by atoms with van der Waals surface area (Å²) < 4.78 is 35.3. The number of hydrogen-bond acceptors (Lipinski definition) is 6. The molecule has 0 fully saturated rings. The Morgan fingerprint density at radius 2 is 2.33 bits per heavy atom. The van der Waals surface area contributed by atoms with Crippen molar-refractivity contribution in [2.45, 2.75) is 0 Å². The molecule has 2 heterocycles. The van der Waals surface area contributed by atoms with Gasteiger partial charge >= 0.3 is 0 Å². The van der Waals surface area contributed by atoms with Gasteiger partial charge in [-0.05, 0) is 12.1 Å². The van der Waals surface area contributed by atoms with Crippen LogP contribution < -0.4 is 0 Å². The zero-order chi connectivity index (χ0) is 16.8. The molecule has 0 saturated carbocycles. The lowest BCUT2D eigenvalue weighted by Gasteiger charge is -2.11. The number of hydrogen-bond donors (Lipinski definition) is 0. The summed E-state index contributed by atoms with van der Waals surface area (Å²) in [5.74, 6) is 0.637. The predicted molar refractivity (Wildman–Crippen MR) is 93.7 cm³/mol. The van der Waals surface area contributed by atoms with Gasteiger partial charge in [0.25, 0.3) is 0 Å². The summed E-state index contributed by atoms with van der Waals surface area (Å²) in [7, 11) is 0. The van der Waals surface area contributed by atoms with Crippen LogP contribution in [0.4, 0.5) is 8.78 Å². The number of benzene rings is 1. The van der Waals surface area contributed by atoms with Crippen molar-refractivity contribution in [3.8, 4) is 0 Å². The van der Waals surface area contributed by atoms with Crippen molar-refractivity contribution in [3.63, 3.8) is 0 Å². The van der Waals surface area contributed by atoms with Gasteiger partial charge in [0.15, 0.2) is 0 Å². The Morgan fingerprint density at radius 1 is 1.42 bits per heavy atom. The number of aliphatic imine (C=N–C) groups is 1. The van der Waals surface area contributed by atoms with E-state index in [4.69, 9.17) is 4.74 Å². The molecular formula is C15H14F2N4OS2. The second-order valence-corrected chi connectivity index (χ2v) is 7.11. The van der Waals surface area contributed by atoms with Gasteiger partial charge < -0.3 is 4.74 Å². The molecule has 9 heteroatoms. The minimum atomic E-state index is -0.690. The first-order valence-corrected chi connectivity index (χ1v) is 9.14. The minimum absolute atomic E-state index is 0.171. The molecule has 0 spiro atoms. The third kappa shape index (κ3) is 4.57. The molecule has 1 aromatic heterocycles. The maximum absolute atomic E-state index is 14.1. The second-order valence-electron chi connectivity index (χ2n) is 4.69. The molecule has 2 aromatic rings. The molecule has 1 aliphatic rings. The maximum Gasteiger partial charge on any atom is 0.147 e. The highest BCUT2D eigenvalue weighted by Crippen LogP contribution is 2.24. The van der Waals surface area contributed by atoms with Crippen LogP contribution in [0.2, 0.25) is 0 Å². The summed E-state index contributed by atoms with van der Waals surface area (Å²) in [6.07, 6.45) is 4.33. The van der Waals surface area contributed by atoms with Crippen molar-refractivity contribution in [2.75, 3.05) is 24.7 Å². The highest BCUT2D eigenvalue weighted by atomic mass is 32.2. The molecular weight excluding hydrogens is 354 g/mol. The minimum Gasteiger partial charge on any atom is -0.490 e. The van der Waals surface area contributed by atoms with Gasteiger partial charge in [-0.15, -0.1) is 0 Å². The second kappa shape index (κ2) is 8.29. The van der Waals surface area contributed by atoms with E-state index in [1.54, 1.807) is 23.5 Å². The van der Waals surface area contributed by atoms with E-state index in [-0.39, 0.29) is 11.3 Å². The van der Waals surface area contributed by atoms with Gasteiger partial charge in [0.1, 0.15) is 34.4 Å². The van der Waals surface area contributed by atoms with Crippen LogP contribution in [0, 0.1) is 11.6 Å². The van der Waals surface area contributed by atoms with Gasteiger partial charge in [0, 0.05) is 17.6 Å². The zero-order valence-corrected chi connectivity index (χ0v) is 14.2.